The highest BCUT2D eigenvalue weighted by molar-refractivity contribution is 5.02. The molecule has 0 aromatic rings. The highest BCUT2D eigenvalue weighted by atomic mass is 19.4. The van der Waals surface area contributed by atoms with E-state index in [-0.39, 0.29) is 19.8 Å². The Hall–Kier alpha value is -0.450. The van der Waals surface area contributed by atoms with Gasteiger partial charge in [-0.05, 0) is 25.7 Å². The minimum atomic E-state index is -5.08. The molecule has 0 spiro atoms. The van der Waals surface area contributed by atoms with Gasteiger partial charge in [-0.15, -0.1) is 0 Å². The van der Waals surface area contributed by atoms with Gasteiger partial charge in [-0.2, -0.15) is 13.2 Å². The van der Waals surface area contributed by atoms with Gasteiger partial charge in [0, 0.05) is 26.4 Å². The molecule has 192 valence electrons. The van der Waals surface area contributed by atoms with Crippen LogP contribution in [0.1, 0.15) is 79.1 Å². The molecule has 1 aliphatic rings. The van der Waals surface area contributed by atoms with E-state index < -0.39 is 36.4 Å². The van der Waals surface area contributed by atoms with Crippen molar-refractivity contribution in [1.29, 1.82) is 0 Å². The predicted molar refractivity (Wildman–Crippen MR) is 116 cm³/mol. The van der Waals surface area contributed by atoms with Crippen molar-refractivity contribution in [3.63, 3.8) is 0 Å². The van der Waals surface area contributed by atoms with Crippen molar-refractivity contribution in [2.75, 3.05) is 33.0 Å². The number of alkyl halides is 3. The van der Waals surface area contributed by atoms with Crippen LogP contribution in [0.4, 0.5) is 13.2 Å². The quantitative estimate of drug-likeness (QED) is 0.300. The first kappa shape index (κ1) is 29.6. The molecule has 0 amide bonds. The first-order chi connectivity index (χ1) is 15.3. The van der Waals surface area contributed by atoms with Crippen LogP contribution in [-0.4, -0.2) is 74.5 Å². The molecule has 0 aliphatic carbocycles. The van der Waals surface area contributed by atoms with Crippen molar-refractivity contribution in [2.45, 2.75) is 115 Å². The average Bonchev–Trinajstić information content (AvgIpc) is 2.74. The first-order valence-corrected chi connectivity index (χ1v) is 12.2. The lowest BCUT2D eigenvalue weighted by Gasteiger charge is -2.50. The zero-order chi connectivity index (χ0) is 24.0. The summed E-state index contributed by atoms with van der Waals surface area (Å²) >= 11 is 0. The molecule has 0 aromatic carbocycles. The third kappa shape index (κ3) is 8.72. The van der Waals surface area contributed by atoms with Crippen molar-refractivity contribution < 1.29 is 42.0 Å². The molecule has 5 atom stereocenters. The molecule has 0 saturated carbocycles. The molecule has 1 aliphatic heterocycles. The van der Waals surface area contributed by atoms with Gasteiger partial charge in [0.05, 0.1) is 6.61 Å². The third-order valence-electron chi connectivity index (χ3n) is 5.45. The summed E-state index contributed by atoms with van der Waals surface area (Å²) in [5.41, 5.74) is 0. The van der Waals surface area contributed by atoms with Crippen LogP contribution < -0.4 is 0 Å². The molecule has 0 bridgehead atoms. The smallest absolute Gasteiger partial charge is 0.379 e. The lowest BCUT2D eigenvalue weighted by atomic mass is 9.91. The highest BCUT2D eigenvalue weighted by Crippen LogP contribution is 2.44. The van der Waals surface area contributed by atoms with Gasteiger partial charge in [-0.1, -0.05) is 53.4 Å². The molecular formula is C23H43F3O6. The van der Waals surface area contributed by atoms with Gasteiger partial charge in [-0.25, -0.2) is 0 Å². The summed E-state index contributed by atoms with van der Waals surface area (Å²) in [6, 6.07) is 0. The molecule has 1 saturated heterocycles. The summed E-state index contributed by atoms with van der Waals surface area (Å²) in [6.45, 7) is 8.76. The second-order valence-electron chi connectivity index (χ2n) is 8.30. The Morgan fingerprint density at radius 2 is 1.22 bits per heavy atom. The van der Waals surface area contributed by atoms with Gasteiger partial charge >= 0.3 is 6.18 Å². The van der Waals surface area contributed by atoms with Crippen molar-refractivity contribution in [3.8, 4) is 0 Å². The van der Waals surface area contributed by atoms with Crippen LogP contribution in [0.3, 0.4) is 0 Å². The van der Waals surface area contributed by atoms with Gasteiger partial charge in [-0.3, -0.25) is 0 Å². The number of halogens is 3. The summed E-state index contributed by atoms with van der Waals surface area (Å²) in [6.07, 6.45) is -3.92. The van der Waals surface area contributed by atoms with Crippen LogP contribution in [0, 0.1) is 0 Å². The monoisotopic (exact) mass is 472 g/mol. The fraction of sp³-hybridized carbons (Fsp3) is 1.00. The number of unbranched alkanes of at least 4 members (excludes halogenated alkanes) is 4. The number of hydrogen-bond donors (Lipinski definition) is 1. The third-order valence-corrected chi connectivity index (χ3v) is 5.45. The zero-order valence-electron chi connectivity index (χ0n) is 20.1. The van der Waals surface area contributed by atoms with E-state index in [1.165, 1.54) is 0 Å². The standard InChI is InChI=1S/C23H43F3O6/c1-5-9-13-28-17-18-19(29-14-10-6-2)20(30-15-11-7-3)21(31-16-12-8-4)22(27,32-18)23(24,25)26/h18-21,27H,5-17H2,1-4H3. The number of rotatable bonds is 17. The van der Waals surface area contributed by atoms with Crippen LogP contribution in [0.5, 0.6) is 0 Å². The molecular weight excluding hydrogens is 429 g/mol. The minimum absolute atomic E-state index is 0.0515. The van der Waals surface area contributed by atoms with Crippen molar-refractivity contribution in [2.24, 2.45) is 0 Å². The Balaban J connectivity index is 3.24. The Morgan fingerprint density at radius 3 is 1.72 bits per heavy atom. The van der Waals surface area contributed by atoms with Crippen LogP contribution >= 0.6 is 0 Å². The van der Waals surface area contributed by atoms with E-state index in [0.717, 1.165) is 38.5 Å². The highest BCUT2D eigenvalue weighted by Gasteiger charge is 2.69. The fourth-order valence-electron chi connectivity index (χ4n) is 3.45. The lowest BCUT2D eigenvalue weighted by Crippen LogP contribution is -2.72. The summed E-state index contributed by atoms with van der Waals surface area (Å²) in [5, 5.41) is 10.8. The van der Waals surface area contributed by atoms with Gasteiger partial charge in [0.15, 0.2) is 0 Å². The van der Waals surface area contributed by atoms with E-state index >= 15 is 0 Å². The van der Waals surface area contributed by atoms with Crippen LogP contribution in [0.15, 0.2) is 0 Å². The van der Waals surface area contributed by atoms with Crippen LogP contribution in [-0.2, 0) is 23.7 Å². The Morgan fingerprint density at radius 1 is 0.750 bits per heavy atom. The second-order valence-corrected chi connectivity index (χ2v) is 8.30. The molecule has 6 nitrogen and oxygen atoms in total. The maximum Gasteiger partial charge on any atom is 0.446 e. The molecule has 1 N–H and O–H groups in total. The normalized spacial score (nSPS) is 28.9. The molecule has 5 unspecified atom stereocenters. The molecule has 1 fully saturated rings. The van der Waals surface area contributed by atoms with Gasteiger partial charge in [0.25, 0.3) is 5.79 Å². The molecule has 0 radical (unpaired) electrons. The summed E-state index contributed by atoms with van der Waals surface area (Å²) in [7, 11) is 0. The Bertz CT molecular complexity index is 479. The van der Waals surface area contributed by atoms with Gasteiger partial charge < -0.3 is 28.8 Å². The number of ether oxygens (including phenoxy) is 5. The van der Waals surface area contributed by atoms with Crippen molar-refractivity contribution >= 4 is 0 Å². The fourth-order valence-corrected chi connectivity index (χ4v) is 3.45. The van der Waals surface area contributed by atoms with Crippen LogP contribution in [0.25, 0.3) is 0 Å². The molecule has 32 heavy (non-hydrogen) atoms. The van der Waals surface area contributed by atoms with Gasteiger partial charge in [0.1, 0.15) is 24.4 Å². The number of hydrogen-bond acceptors (Lipinski definition) is 6. The first-order valence-electron chi connectivity index (χ1n) is 12.2. The van der Waals surface area contributed by atoms with E-state index in [9.17, 15) is 18.3 Å². The molecule has 9 heteroatoms. The largest absolute Gasteiger partial charge is 0.446 e. The molecule has 1 rings (SSSR count). The van der Waals surface area contributed by atoms with Gasteiger partial charge in [0.2, 0.25) is 0 Å². The van der Waals surface area contributed by atoms with E-state index in [1.807, 2.05) is 27.7 Å². The van der Waals surface area contributed by atoms with E-state index in [4.69, 9.17) is 23.7 Å². The lowest BCUT2D eigenvalue weighted by molar-refractivity contribution is -0.447. The minimum Gasteiger partial charge on any atom is -0.379 e. The van der Waals surface area contributed by atoms with E-state index in [0.29, 0.717) is 26.1 Å². The summed E-state index contributed by atoms with van der Waals surface area (Å²) in [5.74, 6) is -3.51. The molecule has 1 heterocycles. The maximum atomic E-state index is 14.1. The topological polar surface area (TPSA) is 66.4 Å². The Labute approximate surface area is 191 Å². The SMILES string of the molecule is CCCCOCC1OC(O)(C(F)(F)F)C(OCCCC)C(OCCCC)C1OCCCC. The van der Waals surface area contributed by atoms with Crippen LogP contribution in [0.2, 0.25) is 0 Å². The predicted octanol–water partition coefficient (Wildman–Crippen LogP) is 5.01. The average molecular weight is 473 g/mol. The van der Waals surface area contributed by atoms with E-state index in [2.05, 4.69) is 0 Å². The summed E-state index contributed by atoms with van der Waals surface area (Å²) in [4.78, 5) is 0. The zero-order valence-corrected chi connectivity index (χ0v) is 20.1. The second kappa shape index (κ2) is 15.5. The van der Waals surface area contributed by atoms with Crippen molar-refractivity contribution in [1.82, 2.24) is 0 Å². The maximum absolute atomic E-state index is 14.1. The summed E-state index contributed by atoms with van der Waals surface area (Å²) < 4.78 is 70.7. The molecule has 0 aromatic heterocycles. The van der Waals surface area contributed by atoms with Crippen molar-refractivity contribution in [3.05, 3.63) is 0 Å². The Kier molecular flexibility index (Phi) is 14.3. The van der Waals surface area contributed by atoms with E-state index in [1.54, 1.807) is 0 Å². The number of aliphatic hydroxyl groups is 1.